The first kappa shape index (κ1) is 16.6. The van der Waals surface area contributed by atoms with Crippen LogP contribution in [-0.4, -0.2) is 44.6 Å². The number of pyridine rings is 1. The van der Waals surface area contributed by atoms with Crippen LogP contribution in [0.2, 0.25) is 0 Å². The number of nitrogens with zero attached hydrogens (tertiary/aromatic N) is 3. The van der Waals surface area contributed by atoms with Gasteiger partial charge < -0.3 is 10.2 Å². The predicted octanol–water partition coefficient (Wildman–Crippen LogP) is 0.394. The molecule has 1 fully saturated rings. The third-order valence-electron chi connectivity index (χ3n) is 5.37. The normalized spacial score (nSPS) is 24.0. The number of aromatic nitrogens is 3. The second kappa shape index (κ2) is 6.44. The number of carbonyl (C=O) groups is 2. The molecule has 0 aromatic carbocycles. The van der Waals surface area contributed by atoms with Gasteiger partial charge in [0, 0.05) is 49.8 Å². The van der Waals surface area contributed by atoms with Crippen LogP contribution < -0.4 is 10.9 Å². The SMILES string of the molecule is CC(=O)N1C[C@H]2C[C@@H](C1)[C@H](C(=O)NCc1ccn[nH]1)n1c2cccc1=O. The number of likely N-dealkylation sites (tertiary alicyclic amines) is 1. The summed E-state index contributed by atoms with van der Waals surface area (Å²) in [6.07, 6.45) is 2.42. The summed E-state index contributed by atoms with van der Waals surface area (Å²) in [5.41, 5.74) is 1.46. The minimum Gasteiger partial charge on any atom is -0.349 e. The van der Waals surface area contributed by atoms with Crippen molar-refractivity contribution in [1.82, 2.24) is 25.0 Å². The fourth-order valence-corrected chi connectivity index (χ4v) is 4.20. The number of carbonyl (C=O) groups excluding carboxylic acids is 2. The van der Waals surface area contributed by atoms with Crippen LogP contribution in [0.1, 0.15) is 36.7 Å². The van der Waals surface area contributed by atoms with Gasteiger partial charge in [0.1, 0.15) is 6.04 Å². The summed E-state index contributed by atoms with van der Waals surface area (Å²) in [4.78, 5) is 39.2. The Morgan fingerprint density at radius 1 is 1.31 bits per heavy atom. The minimum absolute atomic E-state index is 0.00282. The number of H-pyrrole nitrogens is 1. The highest BCUT2D eigenvalue weighted by atomic mass is 16.2. The van der Waals surface area contributed by atoms with Crippen LogP contribution in [0, 0.1) is 5.92 Å². The maximum atomic E-state index is 13.0. The van der Waals surface area contributed by atoms with Crippen molar-refractivity contribution >= 4 is 11.8 Å². The molecule has 136 valence electrons. The van der Waals surface area contributed by atoms with Crippen molar-refractivity contribution in [1.29, 1.82) is 0 Å². The first-order valence-electron chi connectivity index (χ1n) is 8.77. The van der Waals surface area contributed by atoms with Gasteiger partial charge in [0.25, 0.3) is 5.56 Å². The maximum Gasteiger partial charge on any atom is 0.251 e. The summed E-state index contributed by atoms with van der Waals surface area (Å²) in [6.45, 7) is 2.96. The average Bonchev–Trinajstić information content (AvgIpc) is 3.14. The van der Waals surface area contributed by atoms with E-state index in [-0.39, 0.29) is 29.2 Å². The average molecular weight is 355 g/mol. The smallest absolute Gasteiger partial charge is 0.251 e. The summed E-state index contributed by atoms with van der Waals surface area (Å²) in [5, 5.41) is 9.57. The van der Waals surface area contributed by atoms with E-state index in [0.717, 1.165) is 17.8 Å². The first-order chi connectivity index (χ1) is 12.5. The van der Waals surface area contributed by atoms with Crippen LogP contribution in [0.3, 0.4) is 0 Å². The molecule has 0 saturated carbocycles. The third kappa shape index (κ3) is 2.81. The molecule has 2 aromatic rings. The van der Waals surface area contributed by atoms with E-state index in [2.05, 4.69) is 15.5 Å². The molecule has 2 N–H and O–H groups in total. The van der Waals surface area contributed by atoms with Crippen molar-refractivity contribution < 1.29 is 9.59 Å². The lowest BCUT2D eigenvalue weighted by Gasteiger charge is -2.46. The number of fused-ring (bicyclic) bond motifs is 4. The van der Waals surface area contributed by atoms with E-state index in [1.165, 1.54) is 6.07 Å². The predicted molar refractivity (Wildman–Crippen MR) is 93.3 cm³/mol. The Kier molecular flexibility index (Phi) is 4.10. The molecule has 0 unspecified atom stereocenters. The van der Waals surface area contributed by atoms with Gasteiger partial charge in [0.15, 0.2) is 0 Å². The number of piperidine rings is 1. The van der Waals surface area contributed by atoms with Crippen molar-refractivity contribution in [2.75, 3.05) is 13.1 Å². The second-order valence-corrected chi connectivity index (χ2v) is 7.02. The third-order valence-corrected chi connectivity index (χ3v) is 5.37. The quantitative estimate of drug-likeness (QED) is 0.832. The van der Waals surface area contributed by atoms with Crippen LogP contribution in [0.15, 0.2) is 35.3 Å². The Balaban J connectivity index is 1.67. The molecule has 2 bridgehead atoms. The number of amides is 2. The van der Waals surface area contributed by atoms with Gasteiger partial charge in [-0.3, -0.25) is 24.0 Å². The Labute approximate surface area is 150 Å². The van der Waals surface area contributed by atoms with Crippen LogP contribution in [-0.2, 0) is 16.1 Å². The lowest BCUT2D eigenvalue weighted by Crippen LogP contribution is -2.54. The zero-order valence-corrected chi connectivity index (χ0v) is 14.5. The topological polar surface area (TPSA) is 100 Å². The summed E-state index contributed by atoms with van der Waals surface area (Å²) in [6, 6.07) is 6.28. The maximum absolute atomic E-state index is 13.0. The Morgan fingerprint density at radius 3 is 2.88 bits per heavy atom. The van der Waals surface area contributed by atoms with E-state index in [9.17, 15) is 14.4 Å². The van der Waals surface area contributed by atoms with Gasteiger partial charge in [-0.1, -0.05) is 6.07 Å². The Morgan fingerprint density at radius 2 is 2.15 bits per heavy atom. The number of hydrogen-bond acceptors (Lipinski definition) is 4. The highest BCUT2D eigenvalue weighted by molar-refractivity contribution is 5.81. The first-order valence-corrected chi connectivity index (χ1v) is 8.77. The molecule has 2 amide bonds. The monoisotopic (exact) mass is 355 g/mol. The van der Waals surface area contributed by atoms with Gasteiger partial charge in [-0.2, -0.15) is 5.10 Å². The lowest BCUT2D eigenvalue weighted by atomic mass is 9.78. The summed E-state index contributed by atoms with van der Waals surface area (Å²) in [7, 11) is 0. The second-order valence-electron chi connectivity index (χ2n) is 7.02. The number of hydrogen-bond donors (Lipinski definition) is 2. The number of rotatable bonds is 3. The standard InChI is InChI=1S/C18H21N5O3/c1-11(24)22-9-12-7-13(10-22)17(23-15(12)3-2-4-16(23)25)18(26)19-8-14-5-6-20-21-14/h2-6,12-13,17H,7-10H2,1H3,(H,19,26)(H,20,21)/t12-,13+,17-/m1/s1. The number of aromatic amines is 1. The van der Waals surface area contributed by atoms with E-state index >= 15 is 0 Å². The molecule has 3 atom stereocenters. The van der Waals surface area contributed by atoms with Gasteiger partial charge in [-0.25, -0.2) is 0 Å². The van der Waals surface area contributed by atoms with Crippen molar-refractivity contribution in [3.05, 3.63) is 52.2 Å². The highest BCUT2D eigenvalue weighted by Crippen LogP contribution is 2.41. The van der Waals surface area contributed by atoms with Gasteiger partial charge >= 0.3 is 0 Å². The van der Waals surface area contributed by atoms with Crippen LogP contribution >= 0.6 is 0 Å². The van der Waals surface area contributed by atoms with Crippen LogP contribution in [0.4, 0.5) is 0 Å². The molecule has 2 aliphatic heterocycles. The van der Waals surface area contributed by atoms with E-state index < -0.39 is 6.04 Å². The van der Waals surface area contributed by atoms with E-state index in [1.807, 2.05) is 6.07 Å². The molecule has 2 aromatic heterocycles. The van der Waals surface area contributed by atoms with E-state index in [1.54, 1.807) is 34.7 Å². The summed E-state index contributed by atoms with van der Waals surface area (Å²) < 4.78 is 1.62. The van der Waals surface area contributed by atoms with E-state index in [4.69, 9.17) is 0 Å². The molecule has 26 heavy (non-hydrogen) atoms. The molecule has 1 saturated heterocycles. The lowest BCUT2D eigenvalue weighted by molar-refractivity contribution is -0.135. The largest absolute Gasteiger partial charge is 0.349 e. The highest BCUT2D eigenvalue weighted by Gasteiger charge is 2.44. The molecule has 4 rings (SSSR count). The molecule has 2 aliphatic rings. The Bertz CT molecular complexity index is 888. The zero-order valence-electron chi connectivity index (χ0n) is 14.5. The van der Waals surface area contributed by atoms with Crippen LogP contribution in [0.5, 0.6) is 0 Å². The van der Waals surface area contributed by atoms with Gasteiger partial charge in [-0.15, -0.1) is 0 Å². The fourth-order valence-electron chi connectivity index (χ4n) is 4.20. The minimum atomic E-state index is -0.611. The van der Waals surface area contributed by atoms with Crippen molar-refractivity contribution in [3.63, 3.8) is 0 Å². The fraction of sp³-hybridized carbons (Fsp3) is 0.444. The molecule has 0 aliphatic carbocycles. The molecule has 8 heteroatoms. The van der Waals surface area contributed by atoms with Crippen LogP contribution in [0.25, 0.3) is 0 Å². The molecule has 8 nitrogen and oxygen atoms in total. The van der Waals surface area contributed by atoms with Gasteiger partial charge in [-0.05, 0) is 18.6 Å². The molecule has 0 radical (unpaired) electrons. The van der Waals surface area contributed by atoms with Crippen molar-refractivity contribution in [2.24, 2.45) is 5.92 Å². The van der Waals surface area contributed by atoms with E-state index in [0.29, 0.717) is 19.6 Å². The van der Waals surface area contributed by atoms with Crippen molar-refractivity contribution in [3.8, 4) is 0 Å². The number of nitrogens with one attached hydrogen (secondary N) is 2. The Hall–Kier alpha value is -2.90. The van der Waals surface area contributed by atoms with Gasteiger partial charge in [0.05, 0.1) is 12.2 Å². The zero-order chi connectivity index (χ0) is 18.3. The van der Waals surface area contributed by atoms with Crippen molar-refractivity contribution in [2.45, 2.75) is 31.8 Å². The molecular weight excluding hydrogens is 334 g/mol. The molecule has 0 spiro atoms. The van der Waals surface area contributed by atoms with Gasteiger partial charge in [0.2, 0.25) is 11.8 Å². The molecule has 4 heterocycles. The molecular formula is C18H21N5O3. The summed E-state index contributed by atoms with van der Waals surface area (Å²) in [5.74, 6) is -0.193. The summed E-state index contributed by atoms with van der Waals surface area (Å²) >= 11 is 0.